The molecule has 1 aliphatic heterocycles. The van der Waals surface area contributed by atoms with E-state index in [2.05, 4.69) is 42.2 Å². The number of nitro groups is 1. The number of rotatable bonds is 5. The van der Waals surface area contributed by atoms with E-state index < -0.39 is 0 Å². The topological polar surface area (TPSA) is 46.4 Å². The smallest absolute Gasteiger partial charge is 0.228 e. The van der Waals surface area contributed by atoms with Gasteiger partial charge in [0.15, 0.2) is 0 Å². The summed E-state index contributed by atoms with van der Waals surface area (Å²) in [6.07, 6.45) is 2.15. The first kappa shape index (κ1) is 18.0. The standard InChI is InChI=1S/C24H22N2O2/c1-18(19-10-4-2-5-11-19)26-23(20-12-6-3-7-13-20)16-21-14-8-9-15-22(21)24(26)17-25(27)28/h2-16,18,24H,17H2,1H3/t18-,24+/m0/s1. The average Bonchev–Trinajstić information content (AvgIpc) is 2.74. The largest absolute Gasteiger partial charge is 0.351 e. The van der Waals surface area contributed by atoms with Gasteiger partial charge in [-0.25, -0.2) is 0 Å². The molecule has 0 saturated heterocycles. The predicted octanol–water partition coefficient (Wildman–Crippen LogP) is 5.58. The summed E-state index contributed by atoms with van der Waals surface area (Å²) in [7, 11) is 0. The predicted molar refractivity (Wildman–Crippen MR) is 112 cm³/mol. The fourth-order valence-corrected chi connectivity index (χ4v) is 4.02. The monoisotopic (exact) mass is 370 g/mol. The minimum atomic E-state index is -0.332. The van der Waals surface area contributed by atoms with Crippen molar-refractivity contribution >= 4 is 11.8 Å². The van der Waals surface area contributed by atoms with Gasteiger partial charge in [-0.2, -0.15) is 0 Å². The van der Waals surface area contributed by atoms with Crippen molar-refractivity contribution in [2.24, 2.45) is 0 Å². The second kappa shape index (κ2) is 7.69. The lowest BCUT2D eigenvalue weighted by molar-refractivity contribution is -0.487. The lowest BCUT2D eigenvalue weighted by Gasteiger charge is -2.42. The van der Waals surface area contributed by atoms with Gasteiger partial charge < -0.3 is 4.90 Å². The zero-order valence-electron chi connectivity index (χ0n) is 15.7. The van der Waals surface area contributed by atoms with E-state index in [-0.39, 0.29) is 23.6 Å². The van der Waals surface area contributed by atoms with Gasteiger partial charge in [0.2, 0.25) is 6.54 Å². The minimum absolute atomic E-state index is 0.00837. The normalized spacial score (nSPS) is 16.8. The van der Waals surface area contributed by atoms with Crippen LogP contribution >= 0.6 is 0 Å². The summed E-state index contributed by atoms with van der Waals surface area (Å²) in [6, 6.07) is 27.9. The number of nitrogens with zero attached hydrogens (tertiary/aromatic N) is 2. The molecule has 0 aromatic heterocycles. The zero-order chi connectivity index (χ0) is 19.5. The van der Waals surface area contributed by atoms with Crippen molar-refractivity contribution in [1.29, 1.82) is 0 Å². The summed E-state index contributed by atoms with van der Waals surface area (Å²) in [4.78, 5) is 13.6. The van der Waals surface area contributed by atoms with E-state index in [9.17, 15) is 10.1 Å². The Hall–Kier alpha value is -3.40. The van der Waals surface area contributed by atoms with Crippen LogP contribution in [0.25, 0.3) is 11.8 Å². The molecule has 4 rings (SSSR count). The second-order valence-corrected chi connectivity index (χ2v) is 7.05. The molecule has 4 nitrogen and oxygen atoms in total. The van der Waals surface area contributed by atoms with Gasteiger partial charge in [-0.1, -0.05) is 84.9 Å². The van der Waals surface area contributed by atoms with E-state index >= 15 is 0 Å². The molecule has 1 heterocycles. The van der Waals surface area contributed by atoms with Crippen LogP contribution in [-0.2, 0) is 0 Å². The maximum Gasteiger partial charge on any atom is 0.228 e. The molecule has 0 fully saturated rings. The Kier molecular flexibility index (Phi) is 4.94. The molecule has 0 saturated carbocycles. The minimum Gasteiger partial charge on any atom is -0.351 e. The van der Waals surface area contributed by atoms with E-state index in [4.69, 9.17) is 0 Å². The third-order valence-electron chi connectivity index (χ3n) is 5.35. The highest BCUT2D eigenvalue weighted by Crippen LogP contribution is 2.43. The Morgan fingerprint density at radius 3 is 2.21 bits per heavy atom. The van der Waals surface area contributed by atoms with Gasteiger partial charge in [0.05, 0.1) is 6.04 Å². The molecule has 0 bridgehead atoms. The quantitative estimate of drug-likeness (QED) is 0.435. The molecular formula is C24H22N2O2. The van der Waals surface area contributed by atoms with E-state index in [1.54, 1.807) is 0 Å². The molecule has 0 amide bonds. The molecule has 0 unspecified atom stereocenters. The molecule has 0 aliphatic carbocycles. The van der Waals surface area contributed by atoms with Gasteiger partial charge >= 0.3 is 0 Å². The van der Waals surface area contributed by atoms with Crippen LogP contribution in [0, 0.1) is 10.1 Å². The summed E-state index contributed by atoms with van der Waals surface area (Å²) in [5, 5.41) is 11.6. The van der Waals surface area contributed by atoms with Gasteiger partial charge in [-0.3, -0.25) is 10.1 Å². The third-order valence-corrected chi connectivity index (χ3v) is 5.35. The highest BCUT2D eigenvalue weighted by Gasteiger charge is 2.35. The van der Waals surface area contributed by atoms with E-state index in [1.807, 2.05) is 60.7 Å². The first-order chi connectivity index (χ1) is 13.6. The summed E-state index contributed by atoms with van der Waals surface area (Å²) >= 11 is 0. The Morgan fingerprint density at radius 2 is 1.54 bits per heavy atom. The van der Waals surface area contributed by atoms with Gasteiger partial charge in [0.1, 0.15) is 6.04 Å². The molecule has 28 heavy (non-hydrogen) atoms. The maximum atomic E-state index is 11.6. The Labute approximate surface area is 164 Å². The summed E-state index contributed by atoms with van der Waals surface area (Å²) in [6.45, 7) is 1.98. The average molecular weight is 370 g/mol. The molecule has 3 aromatic rings. The third kappa shape index (κ3) is 3.41. The second-order valence-electron chi connectivity index (χ2n) is 7.05. The molecule has 0 radical (unpaired) electrons. The fraction of sp³-hybridized carbons (Fsp3) is 0.167. The maximum absolute atomic E-state index is 11.6. The number of benzene rings is 3. The molecule has 0 spiro atoms. The van der Waals surface area contributed by atoms with Crippen molar-refractivity contribution in [3.05, 3.63) is 117 Å². The summed E-state index contributed by atoms with van der Waals surface area (Å²) < 4.78 is 0. The Morgan fingerprint density at radius 1 is 0.929 bits per heavy atom. The van der Waals surface area contributed by atoms with Gasteiger partial charge in [0, 0.05) is 10.6 Å². The number of hydrogen-bond acceptors (Lipinski definition) is 3. The van der Waals surface area contributed by atoms with Crippen LogP contribution in [0.4, 0.5) is 0 Å². The first-order valence-corrected chi connectivity index (χ1v) is 9.46. The Balaban J connectivity index is 1.90. The van der Waals surface area contributed by atoms with Crippen LogP contribution in [-0.4, -0.2) is 16.4 Å². The highest BCUT2D eigenvalue weighted by atomic mass is 16.6. The molecule has 2 atom stereocenters. The lowest BCUT2D eigenvalue weighted by Crippen LogP contribution is -2.36. The van der Waals surface area contributed by atoms with Crippen LogP contribution in [0.5, 0.6) is 0 Å². The SMILES string of the molecule is C[C@@H](c1ccccc1)N1C(c2ccccc2)=Cc2ccccc2[C@H]1C[N+](=O)[O-]. The van der Waals surface area contributed by atoms with Crippen molar-refractivity contribution in [3.63, 3.8) is 0 Å². The van der Waals surface area contributed by atoms with Crippen molar-refractivity contribution in [3.8, 4) is 0 Å². The van der Waals surface area contributed by atoms with Crippen molar-refractivity contribution in [1.82, 2.24) is 4.90 Å². The summed E-state index contributed by atoms with van der Waals surface area (Å²) in [5.74, 6) is 0. The van der Waals surface area contributed by atoms with Crippen LogP contribution in [0.3, 0.4) is 0 Å². The van der Waals surface area contributed by atoms with Gasteiger partial charge in [0.25, 0.3) is 0 Å². The highest BCUT2D eigenvalue weighted by molar-refractivity contribution is 5.84. The zero-order valence-corrected chi connectivity index (χ0v) is 15.7. The van der Waals surface area contributed by atoms with Crippen molar-refractivity contribution in [2.45, 2.75) is 19.0 Å². The van der Waals surface area contributed by atoms with Crippen molar-refractivity contribution < 1.29 is 4.92 Å². The van der Waals surface area contributed by atoms with Gasteiger partial charge in [-0.15, -0.1) is 0 Å². The van der Waals surface area contributed by atoms with E-state index in [0.29, 0.717) is 0 Å². The van der Waals surface area contributed by atoms with Crippen LogP contribution in [0.15, 0.2) is 84.9 Å². The van der Waals surface area contributed by atoms with E-state index in [1.165, 1.54) is 0 Å². The van der Waals surface area contributed by atoms with Crippen molar-refractivity contribution in [2.75, 3.05) is 6.54 Å². The lowest BCUT2D eigenvalue weighted by atomic mass is 9.89. The fourth-order valence-electron chi connectivity index (χ4n) is 4.02. The molecular weight excluding hydrogens is 348 g/mol. The van der Waals surface area contributed by atoms with E-state index in [0.717, 1.165) is 28.0 Å². The Bertz CT molecular complexity index is 999. The molecule has 140 valence electrons. The van der Waals surface area contributed by atoms with Crippen LogP contribution in [0.1, 0.15) is 41.3 Å². The van der Waals surface area contributed by atoms with Crippen LogP contribution in [0.2, 0.25) is 0 Å². The van der Waals surface area contributed by atoms with Crippen LogP contribution < -0.4 is 0 Å². The number of hydrogen-bond donors (Lipinski definition) is 0. The molecule has 1 aliphatic rings. The first-order valence-electron chi connectivity index (χ1n) is 9.46. The number of fused-ring (bicyclic) bond motifs is 1. The molecule has 4 heteroatoms. The summed E-state index contributed by atoms with van der Waals surface area (Å²) in [5.41, 5.74) is 5.26. The molecule has 3 aromatic carbocycles. The van der Waals surface area contributed by atoms with Gasteiger partial charge in [-0.05, 0) is 35.3 Å². The molecule has 0 N–H and O–H groups in total.